The molecular formula is C19H27N7S. The summed E-state index contributed by atoms with van der Waals surface area (Å²) in [7, 11) is 2.00. The molecule has 0 bridgehead atoms. The highest BCUT2D eigenvalue weighted by atomic mass is 32.2. The molecule has 0 unspecified atom stereocenters. The van der Waals surface area contributed by atoms with Crippen LogP contribution in [0.3, 0.4) is 0 Å². The van der Waals surface area contributed by atoms with Gasteiger partial charge in [-0.1, -0.05) is 70.1 Å². The average molecular weight is 386 g/mol. The highest BCUT2D eigenvalue weighted by Gasteiger charge is 2.16. The van der Waals surface area contributed by atoms with Crippen molar-refractivity contribution in [2.45, 2.75) is 63.4 Å². The molecule has 0 saturated heterocycles. The first-order chi connectivity index (χ1) is 12.9. The van der Waals surface area contributed by atoms with Gasteiger partial charge in [0.25, 0.3) is 0 Å². The first kappa shape index (κ1) is 19.5. The molecule has 7 nitrogen and oxygen atoms in total. The Labute approximate surface area is 164 Å². The van der Waals surface area contributed by atoms with Crippen molar-refractivity contribution in [3.8, 4) is 11.4 Å². The van der Waals surface area contributed by atoms with Crippen LogP contribution in [-0.2, 0) is 24.8 Å². The molecular weight excluding hydrogens is 358 g/mol. The molecule has 27 heavy (non-hydrogen) atoms. The maximum absolute atomic E-state index is 4.38. The monoisotopic (exact) mass is 385 g/mol. The largest absolute Gasteiger partial charge is 0.305 e. The average Bonchev–Trinajstić information content (AvgIpc) is 3.24. The Balaban J connectivity index is 1.71. The van der Waals surface area contributed by atoms with Crippen molar-refractivity contribution in [2.24, 2.45) is 7.05 Å². The van der Waals surface area contributed by atoms with E-state index in [0.717, 1.165) is 41.8 Å². The van der Waals surface area contributed by atoms with Gasteiger partial charge in [0.1, 0.15) is 0 Å². The van der Waals surface area contributed by atoms with Gasteiger partial charge < -0.3 is 4.57 Å². The van der Waals surface area contributed by atoms with Gasteiger partial charge in [-0.25, -0.2) is 4.68 Å². The molecule has 3 aromatic rings. The molecule has 2 heterocycles. The van der Waals surface area contributed by atoms with Gasteiger partial charge >= 0.3 is 0 Å². The lowest BCUT2D eigenvalue weighted by atomic mass is 9.87. The zero-order valence-electron chi connectivity index (χ0n) is 16.7. The molecule has 0 saturated carbocycles. The van der Waals surface area contributed by atoms with Gasteiger partial charge in [0.2, 0.25) is 0 Å². The van der Waals surface area contributed by atoms with E-state index in [4.69, 9.17) is 0 Å². The Morgan fingerprint density at radius 2 is 1.78 bits per heavy atom. The Bertz CT molecular complexity index is 874. The number of thioether (sulfide) groups is 1. The van der Waals surface area contributed by atoms with E-state index in [0.29, 0.717) is 5.75 Å². The summed E-state index contributed by atoms with van der Waals surface area (Å²) >= 11 is 1.60. The fourth-order valence-electron chi connectivity index (χ4n) is 2.75. The Kier molecular flexibility index (Phi) is 5.94. The second kappa shape index (κ2) is 8.21. The SMILES string of the molecule is CCCCn1nnnc1CSc1nnc(-c2ccc(C(C)(C)C)cc2)n1C. The second-order valence-corrected chi connectivity index (χ2v) is 8.60. The van der Waals surface area contributed by atoms with Gasteiger partial charge in [-0.05, 0) is 27.8 Å². The topological polar surface area (TPSA) is 74.3 Å². The third-order valence-corrected chi connectivity index (χ3v) is 5.52. The molecule has 3 rings (SSSR count). The number of hydrogen-bond acceptors (Lipinski definition) is 6. The van der Waals surface area contributed by atoms with Gasteiger partial charge in [0.15, 0.2) is 16.8 Å². The van der Waals surface area contributed by atoms with Crippen LogP contribution in [0.2, 0.25) is 0 Å². The van der Waals surface area contributed by atoms with Gasteiger partial charge in [-0.3, -0.25) is 0 Å². The van der Waals surface area contributed by atoms with Crippen molar-refractivity contribution in [3.63, 3.8) is 0 Å². The van der Waals surface area contributed by atoms with E-state index in [1.54, 1.807) is 11.8 Å². The van der Waals surface area contributed by atoms with Crippen LogP contribution in [-0.4, -0.2) is 35.0 Å². The molecule has 0 aliphatic carbocycles. The third kappa shape index (κ3) is 4.55. The standard InChI is InChI=1S/C19H27N7S/c1-6-7-12-26-16(20-23-24-26)13-27-18-22-21-17(25(18)5)14-8-10-15(11-9-14)19(2,3)4/h8-11H,6-7,12-13H2,1-5H3. The number of tetrazole rings is 1. The zero-order chi connectivity index (χ0) is 19.4. The summed E-state index contributed by atoms with van der Waals surface area (Å²) in [5, 5.41) is 21.6. The number of aryl methyl sites for hydroxylation is 1. The van der Waals surface area contributed by atoms with E-state index in [1.165, 1.54) is 5.56 Å². The zero-order valence-corrected chi connectivity index (χ0v) is 17.5. The van der Waals surface area contributed by atoms with Crippen LogP contribution in [0.4, 0.5) is 0 Å². The van der Waals surface area contributed by atoms with Crippen molar-refractivity contribution < 1.29 is 0 Å². The molecule has 0 radical (unpaired) electrons. The van der Waals surface area contributed by atoms with E-state index < -0.39 is 0 Å². The summed E-state index contributed by atoms with van der Waals surface area (Å²) in [6.07, 6.45) is 2.19. The number of nitrogens with zero attached hydrogens (tertiary/aromatic N) is 7. The van der Waals surface area contributed by atoms with Crippen LogP contribution < -0.4 is 0 Å². The summed E-state index contributed by atoms with van der Waals surface area (Å²) in [6.45, 7) is 9.66. The van der Waals surface area contributed by atoms with Crippen molar-refractivity contribution in [3.05, 3.63) is 35.7 Å². The summed E-state index contributed by atoms with van der Waals surface area (Å²) in [6, 6.07) is 8.56. The predicted octanol–water partition coefficient (Wildman–Crippen LogP) is 3.86. The summed E-state index contributed by atoms with van der Waals surface area (Å²) in [5.41, 5.74) is 2.51. The van der Waals surface area contributed by atoms with Gasteiger partial charge in [0, 0.05) is 19.2 Å². The van der Waals surface area contributed by atoms with Crippen LogP contribution in [0.1, 0.15) is 51.9 Å². The van der Waals surface area contributed by atoms with E-state index in [9.17, 15) is 0 Å². The molecule has 0 N–H and O–H groups in total. The van der Waals surface area contributed by atoms with E-state index in [1.807, 2.05) is 16.3 Å². The lowest BCUT2D eigenvalue weighted by Gasteiger charge is -2.19. The van der Waals surface area contributed by atoms with Crippen LogP contribution in [0.25, 0.3) is 11.4 Å². The molecule has 2 aromatic heterocycles. The number of unbranched alkanes of at least 4 members (excludes halogenated alkanes) is 1. The number of benzene rings is 1. The quantitative estimate of drug-likeness (QED) is 0.575. The Morgan fingerprint density at radius 3 is 2.44 bits per heavy atom. The predicted molar refractivity (Wildman–Crippen MR) is 107 cm³/mol. The highest BCUT2D eigenvalue weighted by molar-refractivity contribution is 7.98. The minimum Gasteiger partial charge on any atom is -0.305 e. The van der Waals surface area contributed by atoms with E-state index in [-0.39, 0.29) is 5.41 Å². The first-order valence-electron chi connectivity index (χ1n) is 9.28. The van der Waals surface area contributed by atoms with Gasteiger partial charge in [-0.15, -0.1) is 15.3 Å². The second-order valence-electron chi connectivity index (χ2n) is 7.65. The van der Waals surface area contributed by atoms with Crippen molar-refractivity contribution in [1.82, 2.24) is 35.0 Å². The molecule has 0 aliphatic rings. The minimum absolute atomic E-state index is 0.140. The molecule has 144 valence electrons. The summed E-state index contributed by atoms with van der Waals surface area (Å²) < 4.78 is 3.90. The fourth-order valence-corrected chi connectivity index (χ4v) is 3.59. The molecule has 0 spiro atoms. The maximum Gasteiger partial charge on any atom is 0.191 e. The number of rotatable bonds is 7. The Morgan fingerprint density at radius 1 is 1.04 bits per heavy atom. The number of hydrogen-bond donors (Lipinski definition) is 0. The summed E-state index contributed by atoms with van der Waals surface area (Å²) in [4.78, 5) is 0. The smallest absolute Gasteiger partial charge is 0.191 e. The number of aromatic nitrogens is 7. The van der Waals surface area contributed by atoms with Crippen molar-refractivity contribution in [1.29, 1.82) is 0 Å². The Hall–Kier alpha value is -2.22. The van der Waals surface area contributed by atoms with Crippen molar-refractivity contribution >= 4 is 11.8 Å². The maximum atomic E-state index is 4.38. The molecule has 0 atom stereocenters. The normalized spacial score (nSPS) is 11.9. The van der Waals surface area contributed by atoms with E-state index in [2.05, 4.69) is 77.7 Å². The van der Waals surface area contributed by atoms with Crippen molar-refractivity contribution in [2.75, 3.05) is 0 Å². The molecule has 0 aliphatic heterocycles. The van der Waals surface area contributed by atoms with Gasteiger partial charge in [-0.2, -0.15) is 0 Å². The third-order valence-electron chi connectivity index (χ3n) is 4.50. The van der Waals surface area contributed by atoms with E-state index >= 15 is 0 Å². The van der Waals surface area contributed by atoms with Gasteiger partial charge in [0.05, 0.1) is 5.75 Å². The lowest BCUT2D eigenvalue weighted by Crippen LogP contribution is -2.10. The molecule has 1 aromatic carbocycles. The highest BCUT2D eigenvalue weighted by Crippen LogP contribution is 2.27. The lowest BCUT2D eigenvalue weighted by molar-refractivity contribution is 0.540. The van der Waals surface area contributed by atoms with Crippen LogP contribution in [0, 0.1) is 0 Å². The van der Waals surface area contributed by atoms with Crippen LogP contribution in [0.15, 0.2) is 29.4 Å². The fraction of sp³-hybridized carbons (Fsp3) is 0.526. The first-order valence-corrected chi connectivity index (χ1v) is 10.3. The molecule has 0 amide bonds. The van der Waals surface area contributed by atoms with Crippen LogP contribution in [0.5, 0.6) is 0 Å². The summed E-state index contributed by atoms with van der Waals surface area (Å²) in [5.74, 6) is 2.40. The minimum atomic E-state index is 0.140. The molecule has 8 heteroatoms. The van der Waals surface area contributed by atoms with Crippen LogP contribution >= 0.6 is 11.8 Å². The molecule has 0 fully saturated rings.